The number of nitrogens with one attached hydrogen (secondary N) is 1. The van der Waals surface area contributed by atoms with E-state index >= 15 is 0 Å². The highest BCUT2D eigenvalue weighted by Crippen LogP contribution is 2.24. The first-order valence-corrected chi connectivity index (χ1v) is 12.1. The summed E-state index contributed by atoms with van der Waals surface area (Å²) in [6.45, 7) is 2.85. The fourth-order valence-corrected chi connectivity index (χ4v) is 5.68. The van der Waals surface area contributed by atoms with Crippen LogP contribution in [-0.4, -0.2) is 48.5 Å². The molecule has 1 fully saturated rings. The lowest BCUT2D eigenvalue weighted by Gasteiger charge is -2.33. The second-order valence-electron chi connectivity index (χ2n) is 8.09. The van der Waals surface area contributed by atoms with Crippen LogP contribution in [0.2, 0.25) is 0 Å². The van der Waals surface area contributed by atoms with Crippen LogP contribution in [-0.2, 0) is 17.1 Å². The van der Waals surface area contributed by atoms with E-state index in [9.17, 15) is 13.2 Å². The van der Waals surface area contributed by atoms with E-state index in [1.54, 1.807) is 49.1 Å². The molecular formula is C23H28N4O4S. The Bertz CT molecular complexity index is 1260. The van der Waals surface area contributed by atoms with Crippen LogP contribution in [0.3, 0.4) is 0 Å². The largest absolute Gasteiger partial charge is 0.497 e. The lowest BCUT2D eigenvalue weighted by atomic mass is 10.1. The molecule has 1 atom stereocenters. The van der Waals surface area contributed by atoms with Gasteiger partial charge < -0.3 is 10.1 Å². The van der Waals surface area contributed by atoms with Crippen LogP contribution in [0.25, 0.3) is 10.9 Å². The summed E-state index contributed by atoms with van der Waals surface area (Å²) in [7, 11) is -0.251. The molecule has 0 radical (unpaired) electrons. The molecule has 1 unspecified atom stereocenters. The first kappa shape index (κ1) is 22.4. The molecule has 1 aliphatic rings. The Morgan fingerprint density at radius 3 is 2.41 bits per heavy atom. The van der Waals surface area contributed by atoms with Gasteiger partial charge in [0.15, 0.2) is 0 Å². The van der Waals surface area contributed by atoms with E-state index in [0.717, 1.165) is 0 Å². The number of aromatic nitrogens is 2. The minimum atomic E-state index is -3.54. The second kappa shape index (κ2) is 9.01. The van der Waals surface area contributed by atoms with Crippen LogP contribution < -0.4 is 15.6 Å². The van der Waals surface area contributed by atoms with Gasteiger partial charge in [0.2, 0.25) is 10.0 Å². The number of ether oxygens (including phenoxy) is 1. The zero-order chi connectivity index (χ0) is 22.9. The minimum Gasteiger partial charge on any atom is -0.497 e. The fraction of sp³-hybridized carbons (Fsp3) is 0.391. The highest BCUT2D eigenvalue weighted by Gasteiger charge is 2.30. The second-order valence-corrected chi connectivity index (χ2v) is 10.0. The van der Waals surface area contributed by atoms with Crippen LogP contribution in [0, 0.1) is 0 Å². The number of fused-ring (bicyclic) bond motifs is 1. The first-order valence-electron chi connectivity index (χ1n) is 10.7. The summed E-state index contributed by atoms with van der Waals surface area (Å²) >= 11 is 0. The molecule has 0 spiro atoms. The molecule has 3 aromatic rings. The van der Waals surface area contributed by atoms with Gasteiger partial charge in [-0.25, -0.2) is 13.4 Å². The lowest BCUT2D eigenvalue weighted by molar-refractivity contribution is 0.273. The summed E-state index contributed by atoms with van der Waals surface area (Å²) < 4.78 is 34.1. The van der Waals surface area contributed by atoms with Gasteiger partial charge in [-0.15, -0.1) is 0 Å². The normalized spacial score (nSPS) is 16.8. The summed E-state index contributed by atoms with van der Waals surface area (Å²) in [5.41, 5.74) is 0.610. The van der Waals surface area contributed by atoms with Crippen LogP contribution in [0.4, 0.5) is 0 Å². The summed E-state index contributed by atoms with van der Waals surface area (Å²) in [5, 5.41) is 4.13. The molecule has 2 aromatic carbocycles. The van der Waals surface area contributed by atoms with Gasteiger partial charge in [-0.1, -0.05) is 12.1 Å². The van der Waals surface area contributed by atoms with Crippen LogP contribution in [0.1, 0.15) is 31.6 Å². The van der Waals surface area contributed by atoms with Crippen LogP contribution >= 0.6 is 0 Å². The van der Waals surface area contributed by atoms with Crippen molar-refractivity contribution in [3.8, 4) is 5.75 Å². The molecular weight excluding hydrogens is 428 g/mol. The molecule has 2 heterocycles. The molecule has 4 rings (SSSR count). The maximum absolute atomic E-state index is 13.0. The molecule has 1 N–H and O–H groups in total. The van der Waals surface area contributed by atoms with Gasteiger partial charge in [0.1, 0.15) is 11.6 Å². The van der Waals surface area contributed by atoms with Crippen molar-refractivity contribution in [3.05, 3.63) is 64.7 Å². The van der Waals surface area contributed by atoms with Gasteiger partial charge in [0, 0.05) is 26.2 Å². The Morgan fingerprint density at radius 1 is 1.09 bits per heavy atom. The first-order chi connectivity index (χ1) is 15.3. The standard InChI is InChI=1S/C23H28N4O4S/c1-16(22-25-21-7-5-4-6-20(21)23(28)26(22)2)24-17-12-14-27(15-13-17)32(29,30)19-10-8-18(31-3)9-11-19/h4-11,16-17,24H,12-15H2,1-3H3. The average molecular weight is 457 g/mol. The van der Waals surface area contributed by atoms with E-state index in [1.165, 1.54) is 4.31 Å². The third kappa shape index (κ3) is 4.28. The van der Waals surface area contributed by atoms with E-state index in [1.807, 2.05) is 25.1 Å². The number of methoxy groups -OCH3 is 1. The highest BCUT2D eigenvalue weighted by molar-refractivity contribution is 7.89. The summed E-state index contributed by atoms with van der Waals surface area (Å²) in [5.74, 6) is 1.29. The van der Waals surface area contributed by atoms with E-state index in [0.29, 0.717) is 48.4 Å². The number of hydrogen-bond acceptors (Lipinski definition) is 6. The van der Waals surface area contributed by atoms with Crippen molar-refractivity contribution >= 4 is 20.9 Å². The molecule has 170 valence electrons. The number of piperidine rings is 1. The molecule has 0 bridgehead atoms. The smallest absolute Gasteiger partial charge is 0.261 e. The average Bonchev–Trinajstić information content (AvgIpc) is 2.81. The van der Waals surface area contributed by atoms with Crippen molar-refractivity contribution in [2.45, 2.75) is 36.7 Å². The van der Waals surface area contributed by atoms with Gasteiger partial charge in [-0.2, -0.15) is 4.31 Å². The van der Waals surface area contributed by atoms with Gasteiger partial charge in [-0.05, 0) is 56.2 Å². The van der Waals surface area contributed by atoms with E-state index in [-0.39, 0.29) is 22.5 Å². The van der Waals surface area contributed by atoms with Crippen molar-refractivity contribution in [1.29, 1.82) is 0 Å². The molecule has 1 aromatic heterocycles. The molecule has 0 saturated carbocycles. The number of rotatable bonds is 6. The maximum atomic E-state index is 13.0. The summed E-state index contributed by atoms with van der Waals surface area (Å²) in [6, 6.07) is 13.8. The third-order valence-corrected chi connectivity index (χ3v) is 7.95. The predicted molar refractivity (Wildman–Crippen MR) is 123 cm³/mol. The quantitative estimate of drug-likeness (QED) is 0.612. The molecule has 9 heteroatoms. The Balaban J connectivity index is 1.43. The molecule has 32 heavy (non-hydrogen) atoms. The van der Waals surface area contributed by atoms with Crippen molar-refractivity contribution in [3.63, 3.8) is 0 Å². The number of nitrogens with zero attached hydrogens (tertiary/aromatic N) is 3. The van der Waals surface area contributed by atoms with Gasteiger partial charge in [-0.3, -0.25) is 9.36 Å². The van der Waals surface area contributed by atoms with Crippen molar-refractivity contribution < 1.29 is 13.2 Å². The summed E-state index contributed by atoms with van der Waals surface area (Å²) in [6.07, 6.45) is 1.36. The molecule has 1 saturated heterocycles. The van der Waals surface area contributed by atoms with Gasteiger partial charge in [0.05, 0.1) is 29.0 Å². The Morgan fingerprint density at radius 2 is 1.75 bits per heavy atom. The SMILES string of the molecule is COc1ccc(S(=O)(=O)N2CCC(NC(C)c3nc4ccccc4c(=O)n3C)CC2)cc1. The van der Waals surface area contributed by atoms with Crippen molar-refractivity contribution in [2.75, 3.05) is 20.2 Å². The van der Waals surface area contributed by atoms with E-state index in [2.05, 4.69) is 5.32 Å². The van der Waals surface area contributed by atoms with Crippen molar-refractivity contribution in [2.24, 2.45) is 7.05 Å². The topological polar surface area (TPSA) is 93.5 Å². The Hall–Kier alpha value is -2.75. The number of sulfonamides is 1. The van der Waals surface area contributed by atoms with Gasteiger partial charge >= 0.3 is 0 Å². The number of para-hydroxylation sites is 1. The third-order valence-electron chi connectivity index (χ3n) is 6.04. The van der Waals surface area contributed by atoms with E-state index < -0.39 is 10.0 Å². The Kier molecular flexibility index (Phi) is 6.32. The predicted octanol–water partition coefficient (Wildman–Crippen LogP) is 2.45. The van der Waals surface area contributed by atoms with Crippen LogP contribution in [0.15, 0.2) is 58.2 Å². The highest BCUT2D eigenvalue weighted by atomic mass is 32.2. The minimum absolute atomic E-state index is 0.0698. The zero-order valence-electron chi connectivity index (χ0n) is 18.5. The Labute approximate surface area is 187 Å². The molecule has 0 amide bonds. The number of benzene rings is 2. The lowest BCUT2D eigenvalue weighted by Crippen LogP contribution is -2.46. The fourth-order valence-electron chi connectivity index (χ4n) is 4.21. The molecule has 0 aliphatic carbocycles. The maximum Gasteiger partial charge on any atom is 0.261 e. The number of hydrogen-bond donors (Lipinski definition) is 1. The molecule has 1 aliphatic heterocycles. The summed E-state index contributed by atoms with van der Waals surface area (Å²) in [4.78, 5) is 17.7. The van der Waals surface area contributed by atoms with E-state index in [4.69, 9.17) is 9.72 Å². The van der Waals surface area contributed by atoms with Crippen molar-refractivity contribution in [1.82, 2.24) is 19.2 Å². The van der Waals surface area contributed by atoms with Crippen LogP contribution in [0.5, 0.6) is 5.75 Å². The monoisotopic (exact) mass is 456 g/mol. The zero-order valence-corrected chi connectivity index (χ0v) is 19.3. The van der Waals surface area contributed by atoms with Gasteiger partial charge in [0.25, 0.3) is 5.56 Å². The molecule has 8 nitrogen and oxygen atoms in total.